The van der Waals surface area contributed by atoms with Gasteiger partial charge in [-0.25, -0.2) is 5.43 Å². The molecule has 9 heteroatoms. The summed E-state index contributed by atoms with van der Waals surface area (Å²) < 4.78 is 11.0. The largest absolute Gasteiger partial charge is 0.493 e. The lowest BCUT2D eigenvalue weighted by molar-refractivity contribution is -0.139. The third-order valence-corrected chi connectivity index (χ3v) is 4.30. The normalized spacial score (nSPS) is 10.4. The molecule has 3 N–H and O–H groups in total. The maximum Gasteiger partial charge on any atom is 0.329 e. The molecule has 0 aliphatic carbocycles. The van der Waals surface area contributed by atoms with Crippen LogP contribution in [-0.2, 0) is 20.9 Å². The Kier molecular flexibility index (Phi) is 10.2. The minimum Gasteiger partial charge on any atom is -0.493 e. The second kappa shape index (κ2) is 13.4. The van der Waals surface area contributed by atoms with E-state index in [9.17, 15) is 14.4 Å². The molecule has 0 radical (unpaired) electrons. The van der Waals surface area contributed by atoms with E-state index < -0.39 is 11.8 Å². The van der Waals surface area contributed by atoms with Crippen LogP contribution in [0, 0.1) is 0 Å². The molecule has 2 aromatic rings. The number of hydrogen-bond acceptors (Lipinski definition) is 6. The molecule has 9 nitrogen and oxygen atoms in total. The highest BCUT2D eigenvalue weighted by Crippen LogP contribution is 2.30. The fraction of sp³-hybridized carbons (Fsp3) is 0.304. The van der Waals surface area contributed by atoms with Gasteiger partial charge in [-0.3, -0.25) is 14.4 Å². The summed E-state index contributed by atoms with van der Waals surface area (Å²) in [4.78, 5) is 35.7. The van der Waals surface area contributed by atoms with Crippen molar-refractivity contribution in [2.24, 2.45) is 5.10 Å². The van der Waals surface area contributed by atoms with Gasteiger partial charge in [0.2, 0.25) is 0 Å². The fourth-order valence-electron chi connectivity index (χ4n) is 2.61. The number of unbranched alkanes of at least 4 members (excludes halogenated alkanes) is 1. The van der Waals surface area contributed by atoms with Gasteiger partial charge in [-0.15, -0.1) is 0 Å². The molecule has 0 unspecified atom stereocenters. The van der Waals surface area contributed by atoms with Gasteiger partial charge >= 0.3 is 11.8 Å². The van der Waals surface area contributed by atoms with Crippen LogP contribution in [0.3, 0.4) is 0 Å². The Bertz CT molecular complexity index is 931. The summed E-state index contributed by atoms with van der Waals surface area (Å²) in [5.41, 5.74) is 3.61. The van der Waals surface area contributed by atoms with Gasteiger partial charge in [-0.05, 0) is 24.1 Å². The summed E-state index contributed by atoms with van der Waals surface area (Å²) in [6.45, 7) is 2.56. The maximum atomic E-state index is 12.2. The number of ether oxygens (including phenoxy) is 2. The molecule has 0 atom stereocenters. The average Bonchev–Trinajstić information content (AvgIpc) is 2.82. The first-order chi connectivity index (χ1) is 15.5. The molecule has 0 aliphatic rings. The highest BCUT2D eigenvalue weighted by atomic mass is 16.5. The van der Waals surface area contributed by atoms with Crippen molar-refractivity contribution in [2.45, 2.75) is 26.3 Å². The van der Waals surface area contributed by atoms with Crippen LogP contribution in [-0.4, -0.2) is 44.2 Å². The molecule has 0 saturated carbocycles. The minimum absolute atomic E-state index is 0.236. The van der Waals surface area contributed by atoms with Gasteiger partial charge in [0.05, 0.1) is 13.3 Å². The molecule has 32 heavy (non-hydrogen) atoms. The number of nitrogens with one attached hydrogen (secondary N) is 3. The molecule has 0 aromatic heterocycles. The molecule has 2 rings (SSSR count). The molecule has 2 aromatic carbocycles. The predicted molar refractivity (Wildman–Crippen MR) is 120 cm³/mol. The monoisotopic (exact) mass is 440 g/mol. The van der Waals surface area contributed by atoms with E-state index in [1.54, 1.807) is 18.2 Å². The van der Waals surface area contributed by atoms with E-state index in [0.29, 0.717) is 24.4 Å². The zero-order valence-electron chi connectivity index (χ0n) is 18.2. The zero-order valence-corrected chi connectivity index (χ0v) is 18.2. The lowest BCUT2D eigenvalue weighted by atomic mass is 10.2. The van der Waals surface area contributed by atoms with Gasteiger partial charge in [0.25, 0.3) is 5.91 Å². The van der Waals surface area contributed by atoms with Gasteiger partial charge in [0.1, 0.15) is 0 Å². The summed E-state index contributed by atoms with van der Waals surface area (Å²) in [7, 11) is 1.47. The molecular weight excluding hydrogens is 412 g/mol. The van der Waals surface area contributed by atoms with Crippen LogP contribution in [0.1, 0.15) is 30.9 Å². The van der Waals surface area contributed by atoms with Crippen LogP contribution in [0.4, 0.5) is 0 Å². The van der Waals surface area contributed by atoms with Gasteiger partial charge in [0.15, 0.2) is 18.1 Å². The van der Waals surface area contributed by atoms with Crippen LogP contribution in [0.2, 0.25) is 0 Å². The highest BCUT2D eigenvalue weighted by molar-refractivity contribution is 6.35. The minimum atomic E-state index is -0.872. The first kappa shape index (κ1) is 24.4. The van der Waals surface area contributed by atoms with Crippen LogP contribution < -0.4 is 25.5 Å². The van der Waals surface area contributed by atoms with Crippen molar-refractivity contribution >= 4 is 23.9 Å². The number of benzene rings is 2. The first-order valence-corrected chi connectivity index (χ1v) is 10.3. The number of amides is 3. The van der Waals surface area contributed by atoms with Crippen LogP contribution in [0.5, 0.6) is 11.5 Å². The first-order valence-electron chi connectivity index (χ1n) is 10.3. The molecular formula is C23H28N4O5. The van der Waals surface area contributed by atoms with E-state index >= 15 is 0 Å². The number of nitrogens with zero attached hydrogens (tertiary/aromatic N) is 1. The number of rotatable bonds is 11. The van der Waals surface area contributed by atoms with Gasteiger partial charge in [-0.2, -0.15) is 5.10 Å². The Balaban J connectivity index is 1.94. The maximum absolute atomic E-state index is 12.2. The zero-order chi connectivity index (χ0) is 23.2. The van der Waals surface area contributed by atoms with Crippen LogP contribution in [0.15, 0.2) is 53.6 Å². The van der Waals surface area contributed by atoms with Crippen LogP contribution in [0.25, 0.3) is 0 Å². The van der Waals surface area contributed by atoms with E-state index in [1.807, 2.05) is 37.3 Å². The smallest absolute Gasteiger partial charge is 0.329 e. The summed E-state index contributed by atoms with van der Waals surface area (Å²) in [5.74, 6) is -1.25. The van der Waals surface area contributed by atoms with Crippen LogP contribution >= 0.6 is 0 Å². The summed E-state index contributed by atoms with van der Waals surface area (Å²) in [6.07, 6.45) is 3.01. The number of carbonyl (C=O) groups is 3. The Morgan fingerprint density at radius 1 is 1.00 bits per heavy atom. The van der Waals surface area contributed by atoms with Crippen molar-refractivity contribution in [3.05, 3.63) is 59.7 Å². The summed E-state index contributed by atoms with van der Waals surface area (Å²) in [6, 6.07) is 14.6. The number of hydrogen-bond donors (Lipinski definition) is 3. The van der Waals surface area contributed by atoms with E-state index in [4.69, 9.17) is 9.47 Å². The standard InChI is InChI=1S/C23H28N4O5/c1-3-4-13-24-22(29)23(30)27-26-15-18-11-8-12-19(31-2)21(18)32-16-20(28)25-14-17-9-6-5-7-10-17/h5-12,15H,3-4,13-14,16H2,1-2H3,(H,24,29)(H,25,28)(H,27,30)/b26-15-. The molecule has 0 heterocycles. The average molecular weight is 441 g/mol. The highest BCUT2D eigenvalue weighted by Gasteiger charge is 2.13. The van der Waals surface area contributed by atoms with Crippen molar-refractivity contribution in [2.75, 3.05) is 20.3 Å². The third-order valence-electron chi connectivity index (χ3n) is 4.30. The van der Waals surface area contributed by atoms with Crippen molar-refractivity contribution in [3.63, 3.8) is 0 Å². The second-order valence-corrected chi connectivity index (χ2v) is 6.74. The van der Waals surface area contributed by atoms with Crippen molar-refractivity contribution in [3.8, 4) is 11.5 Å². The van der Waals surface area contributed by atoms with E-state index in [2.05, 4.69) is 21.2 Å². The van der Waals surface area contributed by atoms with E-state index in [-0.39, 0.29) is 18.3 Å². The Morgan fingerprint density at radius 2 is 1.78 bits per heavy atom. The fourth-order valence-corrected chi connectivity index (χ4v) is 2.61. The number of hydrazone groups is 1. The second-order valence-electron chi connectivity index (χ2n) is 6.74. The van der Waals surface area contributed by atoms with E-state index in [0.717, 1.165) is 18.4 Å². The van der Waals surface area contributed by atoms with Crippen molar-refractivity contribution < 1.29 is 23.9 Å². The lowest BCUT2D eigenvalue weighted by Crippen LogP contribution is -2.38. The quantitative estimate of drug-likeness (QED) is 0.213. The van der Waals surface area contributed by atoms with Crippen molar-refractivity contribution in [1.29, 1.82) is 0 Å². The molecule has 0 saturated heterocycles. The molecule has 170 valence electrons. The SMILES string of the molecule is CCCCNC(=O)C(=O)N/N=C\c1cccc(OC)c1OCC(=O)NCc1ccccc1. The Hall–Kier alpha value is -3.88. The number of methoxy groups -OCH3 is 1. The molecule has 0 aliphatic heterocycles. The van der Waals surface area contributed by atoms with Crippen molar-refractivity contribution in [1.82, 2.24) is 16.1 Å². The summed E-state index contributed by atoms with van der Waals surface area (Å²) >= 11 is 0. The number of carbonyl (C=O) groups excluding carboxylic acids is 3. The van der Waals surface area contributed by atoms with Gasteiger partial charge in [-0.1, -0.05) is 49.7 Å². The summed E-state index contributed by atoms with van der Waals surface area (Å²) in [5, 5.41) is 9.09. The topological polar surface area (TPSA) is 118 Å². The molecule has 0 fully saturated rings. The van der Waals surface area contributed by atoms with E-state index in [1.165, 1.54) is 13.3 Å². The molecule has 0 spiro atoms. The number of para-hydroxylation sites is 1. The third kappa shape index (κ3) is 8.10. The Labute approximate surface area is 187 Å². The lowest BCUT2D eigenvalue weighted by Gasteiger charge is -2.13. The molecule has 0 bridgehead atoms. The van der Waals surface area contributed by atoms with Gasteiger partial charge in [0, 0.05) is 18.7 Å². The van der Waals surface area contributed by atoms with Gasteiger partial charge < -0.3 is 20.1 Å². The molecule has 3 amide bonds. The predicted octanol–water partition coefficient (Wildman–Crippen LogP) is 1.76. The Morgan fingerprint density at radius 3 is 2.50 bits per heavy atom.